The van der Waals surface area contributed by atoms with E-state index in [0.29, 0.717) is 18.8 Å². The van der Waals surface area contributed by atoms with Crippen LogP contribution >= 0.6 is 0 Å². The summed E-state index contributed by atoms with van der Waals surface area (Å²) in [6.07, 6.45) is 11.3. The van der Waals surface area contributed by atoms with Crippen molar-refractivity contribution >= 4 is 12.0 Å². The van der Waals surface area contributed by atoms with Crippen LogP contribution < -0.4 is 4.74 Å². The fourth-order valence-electron chi connectivity index (χ4n) is 6.76. The van der Waals surface area contributed by atoms with Gasteiger partial charge < -0.3 is 18.9 Å². The molecule has 0 aliphatic heterocycles. The number of esters is 1. The Balaban J connectivity index is 1.33. The van der Waals surface area contributed by atoms with Gasteiger partial charge in [0.1, 0.15) is 5.75 Å². The minimum absolute atomic E-state index is 0.193. The maximum absolute atomic E-state index is 12.2. The summed E-state index contributed by atoms with van der Waals surface area (Å²) < 4.78 is 22.2. The maximum Gasteiger partial charge on any atom is 0.342 e. The van der Waals surface area contributed by atoms with Crippen molar-refractivity contribution in [1.82, 2.24) is 0 Å². The van der Waals surface area contributed by atoms with Crippen LogP contribution in [0, 0.1) is 17.8 Å². The highest BCUT2D eigenvalue weighted by atomic mass is 16.7. The first-order chi connectivity index (χ1) is 16.6. The summed E-state index contributed by atoms with van der Waals surface area (Å²) in [5.74, 6) is 3.08. The van der Waals surface area contributed by atoms with E-state index in [1.54, 1.807) is 19.2 Å². The molecule has 5 heteroatoms. The lowest BCUT2D eigenvalue weighted by atomic mass is 9.48. The van der Waals surface area contributed by atoms with Crippen molar-refractivity contribution in [1.29, 1.82) is 0 Å². The van der Waals surface area contributed by atoms with E-state index in [9.17, 15) is 4.79 Å². The van der Waals surface area contributed by atoms with E-state index < -0.39 is 0 Å². The first kappa shape index (κ1) is 23.1. The molecule has 0 amide bonds. The zero-order valence-corrected chi connectivity index (χ0v) is 19.9. The number of hydrogen-bond donors (Lipinski definition) is 0. The molecule has 0 saturated heterocycles. The SMILES string of the molecule is COCCOCOc1cc(C=COC(=O)c2ccccc2)ccc1C12CC3CC(CC(C3)C1)C2. The molecule has 2 aromatic carbocycles. The zero-order valence-electron chi connectivity index (χ0n) is 19.9. The smallest absolute Gasteiger partial charge is 0.342 e. The van der Waals surface area contributed by atoms with Crippen molar-refractivity contribution < 1.29 is 23.7 Å². The number of rotatable bonds is 10. The number of carbonyl (C=O) groups is 1. The highest BCUT2D eigenvalue weighted by Gasteiger charge is 2.52. The Morgan fingerprint density at radius 2 is 1.68 bits per heavy atom. The Hall–Kier alpha value is -2.63. The van der Waals surface area contributed by atoms with Crippen molar-refractivity contribution in [2.24, 2.45) is 17.8 Å². The first-order valence-corrected chi connectivity index (χ1v) is 12.4. The highest BCUT2D eigenvalue weighted by molar-refractivity contribution is 5.89. The van der Waals surface area contributed by atoms with Crippen LogP contribution in [0.2, 0.25) is 0 Å². The summed E-state index contributed by atoms with van der Waals surface area (Å²) >= 11 is 0. The van der Waals surface area contributed by atoms with Gasteiger partial charge in [-0.25, -0.2) is 4.79 Å². The molecule has 2 aromatic rings. The Bertz CT molecular complexity index is 977. The molecule has 4 bridgehead atoms. The molecule has 4 aliphatic carbocycles. The number of carbonyl (C=O) groups excluding carboxylic acids is 1. The topological polar surface area (TPSA) is 54.0 Å². The average molecular weight is 463 g/mol. The summed E-state index contributed by atoms with van der Waals surface area (Å²) in [6, 6.07) is 15.4. The van der Waals surface area contributed by atoms with Gasteiger partial charge in [-0.15, -0.1) is 0 Å². The standard InChI is InChI=1S/C29H34O5/c1-31-11-12-32-20-34-27-16-21(9-10-33-28(30)25-5-3-2-4-6-25)7-8-26(27)29-17-22-13-23(18-29)15-24(14-22)19-29/h2-10,16,22-24H,11-15,17-20H2,1H3. The van der Waals surface area contributed by atoms with Crippen molar-refractivity contribution in [3.63, 3.8) is 0 Å². The number of methoxy groups -OCH3 is 1. The lowest BCUT2D eigenvalue weighted by Gasteiger charge is -2.57. The molecule has 0 unspecified atom stereocenters. The van der Waals surface area contributed by atoms with Gasteiger partial charge in [-0.1, -0.05) is 30.3 Å². The van der Waals surface area contributed by atoms with Crippen LogP contribution in [0.1, 0.15) is 60.0 Å². The third kappa shape index (κ3) is 5.06. The Morgan fingerprint density at radius 3 is 2.35 bits per heavy atom. The van der Waals surface area contributed by atoms with E-state index in [0.717, 1.165) is 29.1 Å². The van der Waals surface area contributed by atoms with Crippen LogP contribution in [0.25, 0.3) is 6.08 Å². The van der Waals surface area contributed by atoms with Gasteiger partial charge in [-0.05, 0) is 91.5 Å². The molecule has 0 radical (unpaired) electrons. The maximum atomic E-state index is 12.2. The molecule has 0 atom stereocenters. The molecule has 5 nitrogen and oxygen atoms in total. The molecule has 4 aliphatic rings. The third-order valence-corrected chi connectivity index (χ3v) is 7.79. The van der Waals surface area contributed by atoms with Gasteiger partial charge >= 0.3 is 5.97 Å². The summed E-state index contributed by atoms with van der Waals surface area (Å²) in [5, 5.41) is 0. The molecular weight excluding hydrogens is 428 g/mol. The van der Waals surface area contributed by atoms with Crippen LogP contribution in [0.5, 0.6) is 5.75 Å². The average Bonchev–Trinajstić information content (AvgIpc) is 2.83. The second-order valence-corrected chi connectivity index (χ2v) is 10.2. The molecule has 180 valence electrons. The van der Waals surface area contributed by atoms with E-state index in [1.807, 2.05) is 24.3 Å². The van der Waals surface area contributed by atoms with Gasteiger partial charge in [0.15, 0.2) is 6.79 Å². The van der Waals surface area contributed by atoms with Crippen LogP contribution in [-0.4, -0.2) is 33.1 Å². The zero-order chi connectivity index (χ0) is 23.4. The lowest BCUT2D eigenvalue weighted by molar-refractivity contribution is -0.0189. The Morgan fingerprint density at radius 1 is 0.971 bits per heavy atom. The first-order valence-electron chi connectivity index (χ1n) is 12.4. The van der Waals surface area contributed by atoms with E-state index >= 15 is 0 Å². The van der Waals surface area contributed by atoms with Crippen molar-refractivity contribution in [3.05, 3.63) is 71.5 Å². The van der Waals surface area contributed by atoms with Crippen LogP contribution in [0.4, 0.5) is 0 Å². The van der Waals surface area contributed by atoms with Gasteiger partial charge in [-0.3, -0.25) is 0 Å². The number of ether oxygens (including phenoxy) is 4. The van der Waals surface area contributed by atoms with Gasteiger partial charge in [0, 0.05) is 12.7 Å². The Kier molecular flexibility index (Phi) is 7.02. The van der Waals surface area contributed by atoms with Crippen molar-refractivity contribution in [3.8, 4) is 5.75 Å². The summed E-state index contributed by atoms with van der Waals surface area (Å²) in [5.41, 5.74) is 3.00. The quantitative estimate of drug-likeness (QED) is 0.188. The summed E-state index contributed by atoms with van der Waals surface area (Å²) in [7, 11) is 1.66. The monoisotopic (exact) mass is 462 g/mol. The number of benzene rings is 2. The van der Waals surface area contributed by atoms with Gasteiger partial charge in [0.25, 0.3) is 0 Å². The predicted octanol–water partition coefficient (Wildman–Crippen LogP) is 5.98. The van der Waals surface area contributed by atoms with E-state index in [1.165, 1.54) is 50.4 Å². The fourth-order valence-corrected chi connectivity index (χ4v) is 6.76. The molecule has 0 heterocycles. The van der Waals surface area contributed by atoms with E-state index in [-0.39, 0.29) is 18.2 Å². The van der Waals surface area contributed by atoms with Crippen molar-refractivity contribution in [2.75, 3.05) is 27.1 Å². The van der Waals surface area contributed by atoms with Gasteiger partial charge in [0.05, 0.1) is 25.0 Å². The van der Waals surface area contributed by atoms with Gasteiger partial charge in [-0.2, -0.15) is 0 Å². The predicted molar refractivity (Wildman–Crippen MR) is 131 cm³/mol. The van der Waals surface area contributed by atoms with E-state index in [4.69, 9.17) is 18.9 Å². The molecule has 0 spiro atoms. The molecule has 6 rings (SSSR count). The normalized spacial score (nSPS) is 27.3. The third-order valence-electron chi connectivity index (χ3n) is 7.79. The second-order valence-electron chi connectivity index (χ2n) is 10.2. The van der Waals surface area contributed by atoms with Crippen LogP contribution in [0.3, 0.4) is 0 Å². The molecule has 4 saturated carbocycles. The molecule has 4 fully saturated rings. The van der Waals surface area contributed by atoms with E-state index in [2.05, 4.69) is 18.2 Å². The minimum atomic E-state index is -0.370. The van der Waals surface area contributed by atoms with Crippen molar-refractivity contribution in [2.45, 2.75) is 43.9 Å². The van der Waals surface area contributed by atoms with Crippen LogP contribution in [0.15, 0.2) is 54.8 Å². The van der Waals surface area contributed by atoms with Crippen LogP contribution in [-0.2, 0) is 19.6 Å². The molecule has 34 heavy (non-hydrogen) atoms. The lowest BCUT2D eigenvalue weighted by Crippen LogP contribution is -2.48. The molecule has 0 aromatic heterocycles. The molecular formula is C29H34O5. The Labute approximate surface area is 202 Å². The minimum Gasteiger partial charge on any atom is -0.467 e. The largest absolute Gasteiger partial charge is 0.467 e. The fraction of sp³-hybridized carbons (Fsp3) is 0.483. The van der Waals surface area contributed by atoms with Gasteiger partial charge in [0.2, 0.25) is 0 Å². The second kappa shape index (κ2) is 10.3. The summed E-state index contributed by atoms with van der Waals surface area (Å²) in [4.78, 5) is 12.2. The molecule has 0 N–H and O–H groups in total. The number of hydrogen-bond acceptors (Lipinski definition) is 5. The highest BCUT2D eigenvalue weighted by Crippen LogP contribution is 2.61. The summed E-state index contributed by atoms with van der Waals surface area (Å²) in [6.45, 7) is 1.23.